The van der Waals surface area contributed by atoms with Crippen LogP contribution in [0.25, 0.3) is 0 Å². The molecule has 0 heterocycles. The molecule has 0 atom stereocenters. The lowest BCUT2D eigenvalue weighted by Crippen LogP contribution is -2.51. The number of carboxylic acid groups (broad SMARTS) is 1. The molecular formula is C21H28N4O3. The molecule has 7 heteroatoms. The number of benzene rings is 2. The Morgan fingerprint density at radius 2 is 1.39 bits per heavy atom. The number of hydrogen-bond donors (Lipinski definition) is 1. The molecule has 2 rings (SSSR count). The van der Waals surface area contributed by atoms with Gasteiger partial charge in [-0.2, -0.15) is 10.2 Å². The highest BCUT2D eigenvalue weighted by Crippen LogP contribution is 2.20. The second kappa shape index (κ2) is 12.3. The highest BCUT2D eigenvalue weighted by Gasteiger charge is 2.24. The van der Waals surface area contributed by atoms with Gasteiger partial charge >= 0.3 is 0 Å². The average molecular weight is 384 g/mol. The van der Waals surface area contributed by atoms with Crippen LogP contribution in [-0.2, 0) is 9.59 Å². The number of rotatable bonds is 8. The van der Waals surface area contributed by atoms with Crippen LogP contribution in [0.4, 0.5) is 17.1 Å². The molecule has 2 aromatic rings. The molecule has 0 aliphatic carbocycles. The molecule has 0 aliphatic heterocycles. The second-order valence-electron chi connectivity index (χ2n) is 6.18. The third-order valence-electron chi connectivity index (χ3n) is 4.68. The number of azo groups is 1. The highest BCUT2D eigenvalue weighted by molar-refractivity contribution is 5.91. The van der Waals surface area contributed by atoms with E-state index in [1.807, 2.05) is 54.6 Å². The summed E-state index contributed by atoms with van der Waals surface area (Å²) in [6.45, 7) is 9.27. The third kappa shape index (κ3) is 7.67. The molecule has 0 saturated heterocycles. The first-order valence-electron chi connectivity index (χ1n) is 9.29. The summed E-state index contributed by atoms with van der Waals surface area (Å²) in [6.07, 6.45) is 0. The fourth-order valence-corrected chi connectivity index (χ4v) is 2.73. The first-order chi connectivity index (χ1) is 13.5. The van der Waals surface area contributed by atoms with E-state index in [2.05, 4.69) is 36.3 Å². The number of quaternary nitrogens is 1. The van der Waals surface area contributed by atoms with Gasteiger partial charge in [0.25, 0.3) is 5.91 Å². The maximum Gasteiger partial charge on any atom is 0.279 e. The van der Waals surface area contributed by atoms with E-state index in [-0.39, 0.29) is 5.91 Å². The number of hydrogen-bond acceptors (Lipinski definition) is 5. The molecule has 7 nitrogen and oxygen atoms in total. The summed E-state index contributed by atoms with van der Waals surface area (Å²) in [7, 11) is 0. The molecule has 0 radical (unpaired) electrons. The lowest BCUT2D eigenvalue weighted by Gasteiger charge is -2.34. The van der Waals surface area contributed by atoms with Crippen molar-refractivity contribution in [3.63, 3.8) is 0 Å². The van der Waals surface area contributed by atoms with Crippen LogP contribution in [0.5, 0.6) is 0 Å². The van der Waals surface area contributed by atoms with Crippen molar-refractivity contribution in [1.29, 1.82) is 0 Å². The SMILES string of the molecule is CC[N+](CC)(CC)CC(=O)Nc1ccc(N=Nc2ccccc2)cc1.O=C[O-]. The standard InChI is InChI=1S/C20H26N4O.CH2O2/c1-4-24(5-2,6-3)16-20(25)21-17-12-14-19(15-13-17)23-22-18-10-8-7-9-11-18;2-1-3/h7-15H,4-6,16H2,1-3H3;1H,(H,2,3). The van der Waals surface area contributed by atoms with Gasteiger partial charge in [-0.25, -0.2) is 0 Å². The first-order valence-corrected chi connectivity index (χ1v) is 9.29. The largest absolute Gasteiger partial charge is 0.554 e. The summed E-state index contributed by atoms with van der Waals surface area (Å²) in [4.78, 5) is 20.6. The van der Waals surface area contributed by atoms with Crippen LogP contribution in [0.15, 0.2) is 64.8 Å². The topological polar surface area (TPSA) is 94.0 Å². The monoisotopic (exact) mass is 384 g/mol. The molecule has 0 aromatic heterocycles. The Morgan fingerprint density at radius 1 is 0.929 bits per heavy atom. The highest BCUT2D eigenvalue weighted by atomic mass is 16.3. The molecule has 28 heavy (non-hydrogen) atoms. The third-order valence-corrected chi connectivity index (χ3v) is 4.68. The Labute approximate surface area is 166 Å². The zero-order valence-electron chi connectivity index (χ0n) is 16.7. The minimum absolute atomic E-state index is 0.0456. The molecule has 2 aromatic carbocycles. The molecule has 0 bridgehead atoms. The first kappa shape index (κ1) is 23.0. The maximum atomic E-state index is 12.3. The van der Waals surface area contributed by atoms with Crippen molar-refractivity contribution in [3.05, 3.63) is 54.6 Å². The number of carbonyl (C=O) groups is 2. The van der Waals surface area contributed by atoms with E-state index in [1.165, 1.54) is 0 Å². The molecule has 150 valence electrons. The van der Waals surface area contributed by atoms with Gasteiger partial charge in [0.2, 0.25) is 0 Å². The van der Waals surface area contributed by atoms with Crippen LogP contribution in [-0.4, -0.2) is 43.0 Å². The Kier molecular flexibility index (Phi) is 10.1. The lowest BCUT2D eigenvalue weighted by atomic mass is 10.2. The normalized spacial score (nSPS) is 10.8. The second-order valence-corrected chi connectivity index (χ2v) is 6.18. The van der Waals surface area contributed by atoms with Gasteiger partial charge in [0, 0.05) is 12.2 Å². The van der Waals surface area contributed by atoms with Crippen molar-refractivity contribution in [3.8, 4) is 0 Å². The van der Waals surface area contributed by atoms with Crippen molar-refractivity contribution >= 4 is 29.4 Å². The van der Waals surface area contributed by atoms with E-state index >= 15 is 0 Å². The Hall–Kier alpha value is -3.06. The van der Waals surface area contributed by atoms with E-state index in [4.69, 9.17) is 9.90 Å². The quantitative estimate of drug-likeness (QED) is 0.430. The summed E-state index contributed by atoms with van der Waals surface area (Å²) in [5.41, 5.74) is 2.35. The van der Waals surface area contributed by atoms with Gasteiger partial charge in [0.15, 0.2) is 6.54 Å². The fourth-order valence-electron chi connectivity index (χ4n) is 2.73. The number of nitrogens with one attached hydrogen (secondary N) is 1. The van der Waals surface area contributed by atoms with Crippen molar-refractivity contribution in [1.82, 2.24) is 0 Å². The van der Waals surface area contributed by atoms with Gasteiger partial charge in [-0.1, -0.05) is 18.2 Å². The van der Waals surface area contributed by atoms with Crippen molar-refractivity contribution in [2.45, 2.75) is 20.8 Å². The van der Waals surface area contributed by atoms with Crippen LogP contribution in [0.2, 0.25) is 0 Å². The number of anilines is 1. The van der Waals surface area contributed by atoms with Crippen molar-refractivity contribution in [2.24, 2.45) is 10.2 Å². The Morgan fingerprint density at radius 3 is 1.86 bits per heavy atom. The minimum Gasteiger partial charge on any atom is -0.554 e. The average Bonchev–Trinajstić information content (AvgIpc) is 2.73. The van der Waals surface area contributed by atoms with Crippen LogP contribution >= 0.6 is 0 Å². The van der Waals surface area contributed by atoms with Crippen LogP contribution < -0.4 is 10.4 Å². The summed E-state index contributed by atoms with van der Waals surface area (Å²) >= 11 is 0. The zero-order chi connectivity index (χ0) is 20.8. The number of carbonyl (C=O) groups excluding carboxylic acids is 2. The van der Waals surface area contributed by atoms with E-state index < -0.39 is 6.47 Å². The van der Waals surface area contributed by atoms with Crippen LogP contribution in [0.3, 0.4) is 0 Å². The predicted molar refractivity (Wildman–Crippen MR) is 109 cm³/mol. The summed E-state index contributed by atoms with van der Waals surface area (Å²) in [5.74, 6) is 0.0456. The maximum absolute atomic E-state index is 12.3. The molecule has 1 N–H and O–H groups in total. The van der Waals surface area contributed by atoms with E-state index in [9.17, 15) is 4.79 Å². The lowest BCUT2D eigenvalue weighted by molar-refractivity contribution is -0.915. The molecule has 0 aliphatic rings. The number of amides is 1. The Bertz CT molecular complexity index is 734. The van der Waals surface area contributed by atoms with Gasteiger partial charge in [-0.15, -0.1) is 0 Å². The summed E-state index contributed by atoms with van der Waals surface area (Å²) < 4.78 is 0.801. The van der Waals surface area contributed by atoms with Gasteiger partial charge < -0.3 is 19.7 Å². The predicted octanol–water partition coefficient (Wildman–Crippen LogP) is 3.28. The van der Waals surface area contributed by atoms with Gasteiger partial charge in [-0.3, -0.25) is 4.79 Å². The summed E-state index contributed by atoms with van der Waals surface area (Å²) in [6, 6.07) is 17.0. The number of nitrogens with zero attached hydrogens (tertiary/aromatic N) is 3. The molecule has 0 spiro atoms. The number of likely N-dealkylation sites (N-methyl/N-ethyl adjacent to an activating group) is 1. The van der Waals surface area contributed by atoms with Crippen LogP contribution in [0, 0.1) is 0 Å². The van der Waals surface area contributed by atoms with Crippen LogP contribution in [0.1, 0.15) is 20.8 Å². The van der Waals surface area contributed by atoms with Gasteiger partial charge in [0.1, 0.15) is 0 Å². The van der Waals surface area contributed by atoms with Gasteiger partial charge in [0.05, 0.1) is 31.0 Å². The van der Waals surface area contributed by atoms with Gasteiger partial charge in [-0.05, 0) is 57.2 Å². The van der Waals surface area contributed by atoms with Crippen molar-refractivity contribution in [2.75, 3.05) is 31.5 Å². The molecule has 0 unspecified atom stereocenters. The van der Waals surface area contributed by atoms with E-state index in [1.54, 1.807) is 0 Å². The molecule has 1 amide bonds. The smallest absolute Gasteiger partial charge is 0.279 e. The van der Waals surface area contributed by atoms with E-state index in [0.717, 1.165) is 41.2 Å². The molecule has 0 fully saturated rings. The zero-order valence-corrected chi connectivity index (χ0v) is 16.7. The van der Waals surface area contributed by atoms with Crippen molar-refractivity contribution < 1.29 is 19.2 Å². The molecular weight excluding hydrogens is 356 g/mol. The summed E-state index contributed by atoms with van der Waals surface area (Å²) in [5, 5.41) is 19.6. The van der Waals surface area contributed by atoms with E-state index in [0.29, 0.717) is 6.54 Å². The minimum atomic E-state index is -0.500. The Balaban J connectivity index is 0.00000122. The molecule has 0 saturated carbocycles. The fraction of sp³-hybridized carbons (Fsp3) is 0.333.